The second-order valence-corrected chi connectivity index (χ2v) is 5.23. The summed E-state index contributed by atoms with van der Waals surface area (Å²) in [5.74, 6) is 0.439. The third-order valence-corrected chi connectivity index (χ3v) is 3.65. The number of amides is 1. The molecule has 0 radical (unpaired) electrons. The van der Waals surface area contributed by atoms with Gasteiger partial charge in [0.25, 0.3) is 0 Å². The molecule has 0 aromatic rings. The first-order valence-electron chi connectivity index (χ1n) is 6.79. The normalized spacial score (nSPS) is 23.8. The van der Waals surface area contributed by atoms with E-state index >= 15 is 0 Å². The average molecular weight is 241 g/mol. The Morgan fingerprint density at radius 3 is 2.76 bits per heavy atom. The highest BCUT2D eigenvalue weighted by Crippen LogP contribution is 2.16. The summed E-state index contributed by atoms with van der Waals surface area (Å²) in [6.45, 7) is 7.47. The van der Waals surface area contributed by atoms with Gasteiger partial charge in [0.1, 0.15) is 0 Å². The second-order valence-electron chi connectivity index (χ2n) is 5.23. The van der Waals surface area contributed by atoms with E-state index in [1.165, 1.54) is 0 Å². The summed E-state index contributed by atoms with van der Waals surface area (Å²) in [5.41, 5.74) is 5.77. The molecule has 2 atom stereocenters. The predicted octanol–water partition coefficient (Wildman–Crippen LogP) is 0.914. The molecule has 17 heavy (non-hydrogen) atoms. The SMILES string of the molecule is CCCCC(C)C(=O)N1CCN(C)CC1CN. The zero-order valence-corrected chi connectivity index (χ0v) is 11.5. The summed E-state index contributed by atoms with van der Waals surface area (Å²) in [7, 11) is 2.09. The van der Waals surface area contributed by atoms with Crippen molar-refractivity contribution in [2.75, 3.05) is 33.2 Å². The Balaban J connectivity index is 2.54. The van der Waals surface area contributed by atoms with Gasteiger partial charge in [-0.2, -0.15) is 0 Å². The van der Waals surface area contributed by atoms with E-state index in [0.717, 1.165) is 38.9 Å². The minimum Gasteiger partial charge on any atom is -0.336 e. The van der Waals surface area contributed by atoms with Crippen LogP contribution in [0.3, 0.4) is 0 Å². The topological polar surface area (TPSA) is 49.6 Å². The van der Waals surface area contributed by atoms with Gasteiger partial charge in [-0.25, -0.2) is 0 Å². The zero-order valence-electron chi connectivity index (χ0n) is 11.5. The lowest BCUT2D eigenvalue weighted by molar-refractivity contribution is -0.139. The quantitative estimate of drug-likeness (QED) is 0.778. The van der Waals surface area contributed by atoms with Crippen LogP contribution >= 0.6 is 0 Å². The number of nitrogens with zero attached hydrogens (tertiary/aromatic N) is 2. The Hall–Kier alpha value is -0.610. The van der Waals surface area contributed by atoms with Crippen LogP contribution < -0.4 is 5.73 Å². The number of piperazine rings is 1. The standard InChI is InChI=1S/C13H27N3O/c1-4-5-6-11(2)13(17)16-8-7-15(3)10-12(16)9-14/h11-12H,4-10,14H2,1-3H3. The van der Waals surface area contributed by atoms with E-state index in [1.807, 2.05) is 11.8 Å². The maximum Gasteiger partial charge on any atom is 0.225 e. The predicted molar refractivity (Wildman–Crippen MR) is 70.7 cm³/mol. The molecule has 1 aliphatic rings. The first kappa shape index (κ1) is 14.5. The van der Waals surface area contributed by atoms with Gasteiger partial charge in [-0.15, -0.1) is 0 Å². The van der Waals surface area contributed by atoms with E-state index in [4.69, 9.17) is 5.73 Å². The molecule has 1 saturated heterocycles. The fourth-order valence-corrected chi connectivity index (χ4v) is 2.42. The van der Waals surface area contributed by atoms with Crippen molar-refractivity contribution in [2.45, 2.75) is 39.2 Å². The van der Waals surface area contributed by atoms with E-state index in [9.17, 15) is 4.79 Å². The lowest BCUT2D eigenvalue weighted by Crippen LogP contribution is -2.57. The van der Waals surface area contributed by atoms with Crippen LogP contribution in [0.2, 0.25) is 0 Å². The van der Waals surface area contributed by atoms with Gasteiger partial charge in [-0.3, -0.25) is 4.79 Å². The number of unbranched alkanes of at least 4 members (excludes halogenated alkanes) is 1. The lowest BCUT2D eigenvalue weighted by Gasteiger charge is -2.40. The van der Waals surface area contributed by atoms with Gasteiger partial charge in [0.2, 0.25) is 5.91 Å². The number of carbonyl (C=O) groups is 1. The van der Waals surface area contributed by atoms with Crippen molar-refractivity contribution in [1.82, 2.24) is 9.80 Å². The van der Waals surface area contributed by atoms with E-state index in [-0.39, 0.29) is 12.0 Å². The van der Waals surface area contributed by atoms with Gasteiger partial charge in [0.05, 0.1) is 6.04 Å². The van der Waals surface area contributed by atoms with Crippen molar-refractivity contribution < 1.29 is 4.79 Å². The summed E-state index contributed by atoms with van der Waals surface area (Å²) in [6, 6.07) is 0.199. The number of likely N-dealkylation sites (N-methyl/N-ethyl adjacent to an activating group) is 1. The number of nitrogens with two attached hydrogens (primary N) is 1. The molecule has 0 aliphatic carbocycles. The summed E-state index contributed by atoms with van der Waals surface area (Å²) in [4.78, 5) is 16.6. The molecule has 0 spiro atoms. The fraction of sp³-hybridized carbons (Fsp3) is 0.923. The van der Waals surface area contributed by atoms with Crippen molar-refractivity contribution in [1.29, 1.82) is 0 Å². The van der Waals surface area contributed by atoms with E-state index in [2.05, 4.69) is 18.9 Å². The van der Waals surface area contributed by atoms with E-state index in [0.29, 0.717) is 12.5 Å². The van der Waals surface area contributed by atoms with E-state index in [1.54, 1.807) is 0 Å². The van der Waals surface area contributed by atoms with Crippen LogP contribution in [-0.4, -0.2) is 55.0 Å². The Bertz CT molecular complexity index is 245. The molecule has 2 unspecified atom stereocenters. The number of carbonyl (C=O) groups excluding carboxylic acids is 1. The number of hydrogen-bond donors (Lipinski definition) is 1. The molecule has 0 bridgehead atoms. The summed E-state index contributed by atoms with van der Waals surface area (Å²) >= 11 is 0. The monoisotopic (exact) mass is 241 g/mol. The largest absolute Gasteiger partial charge is 0.336 e. The minimum absolute atomic E-state index is 0.146. The Morgan fingerprint density at radius 2 is 2.18 bits per heavy atom. The fourth-order valence-electron chi connectivity index (χ4n) is 2.42. The highest BCUT2D eigenvalue weighted by atomic mass is 16.2. The van der Waals surface area contributed by atoms with Crippen molar-refractivity contribution in [3.8, 4) is 0 Å². The molecule has 4 nitrogen and oxygen atoms in total. The smallest absolute Gasteiger partial charge is 0.225 e. The molecule has 0 saturated carbocycles. The van der Waals surface area contributed by atoms with Crippen molar-refractivity contribution in [3.05, 3.63) is 0 Å². The van der Waals surface area contributed by atoms with Gasteiger partial charge in [-0.05, 0) is 13.5 Å². The third kappa shape index (κ3) is 3.96. The Morgan fingerprint density at radius 1 is 1.47 bits per heavy atom. The van der Waals surface area contributed by atoms with Gasteiger partial charge < -0.3 is 15.5 Å². The van der Waals surface area contributed by atoms with Crippen LogP contribution in [0.25, 0.3) is 0 Å². The Labute approximate surface area is 105 Å². The molecule has 1 fully saturated rings. The van der Waals surface area contributed by atoms with Crippen molar-refractivity contribution >= 4 is 5.91 Å². The van der Waals surface area contributed by atoms with Gasteiger partial charge in [0, 0.05) is 32.1 Å². The molecule has 100 valence electrons. The molecule has 1 aliphatic heterocycles. The van der Waals surface area contributed by atoms with Crippen molar-refractivity contribution in [3.63, 3.8) is 0 Å². The third-order valence-electron chi connectivity index (χ3n) is 3.65. The molecule has 2 N–H and O–H groups in total. The average Bonchev–Trinajstić information content (AvgIpc) is 2.34. The van der Waals surface area contributed by atoms with Crippen LogP contribution in [0.1, 0.15) is 33.1 Å². The first-order chi connectivity index (χ1) is 8.10. The molecular weight excluding hydrogens is 214 g/mol. The summed E-state index contributed by atoms with van der Waals surface area (Å²) in [5, 5.41) is 0. The molecule has 1 rings (SSSR count). The number of hydrogen-bond acceptors (Lipinski definition) is 3. The van der Waals surface area contributed by atoms with Gasteiger partial charge in [-0.1, -0.05) is 26.7 Å². The second kappa shape index (κ2) is 6.97. The maximum absolute atomic E-state index is 12.3. The lowest BCUT2D eigenvalue weighted by atomic mass is 10.0. The number of rotatable bonds is 5. The van der Waals surface area contributed by atoms with E-state index < -0.39 is 0 Å². The van der Waals surface area contributed by atoms with Crippen LogP contribution in [0.5, 0.6) is 0 Å². The highest BCUT2D eigenvalue weighted by molar-refractivity contribution is 5.79. The van der Waals surface area contributed by atoms with Crippen LogP contribution in [-0.2, 0) is 4.79 Å². The maximum atomic E-state index is 12.3. The minimum atomic E-state index is 0.146. The van der Waals surface area contributed by atoms with Crippen LogP contribution in [0.15, 0.2) is 0 Å². The molecular formula is C13H27N3O. The zero-order chi connectivity index (χ0) is 12.8. The molecule has 4 heteroatoms. The van der Waals surface area contributed by atoms with Crippen LogP contribution in [0.4, 0.5) is 0 Å². The molecule has 0 aromatic carbocycles. The first-order valence-corrected chi connectivity index (χ1v) is 6.79. The van der Waals surface area contributed by atoms with Gasteiger partial charge in [0.15, 0.2) is 0 Å². The van der Waals surface area contributed by atoms with Gasteiger partial charge >= 0.3 is 0 Å². The molecule has 1 heterocycles. The molecule has 1 amide bonds. The van der Waals surface area contributed by atoms with Crippen molar-refractivity contribution in [2.24, 2.45) is 11.7 Å². The molecule has 0 aromatic heterocycles. The Kier molecular flexibility index (Phi) is 5.92. The summed E-state index contributed by atoms with van der Waals surface area (Å²) < 4.78 is 0. The summed E-state index contributed by atoms with van der Waals surface area (Å²) in [6.07, 6.45) is 3.29. The highest BCUT2D eigenvalue weighted by Gasteiger charge is 2.30. The van der Waals surface area contributed by atoms with Crippen LogP contribution in [0, 0.1) is 5.92 Å².